The Bertz CT molecular complexity index is 310. The van der Waals surface area contributed by atoms with Crippen molar-refractivity contribution in [2.24, 2.45) is 0 Å². The van der Waals surface area contributed by atoms with Crippen LogP contribution in [-0.2, 0) is 0 Å². The zero-order chi connectivity index (χ0) is 10.8. The summed E-state index contributed by atoms with van der Waals surface area (Å²) in [7, 11) is 1.70. The molecule has 0 saturated carbocycles. The van der Waals surface area contributed by atoms with E-state index in [0.717, 1.165) is 5.75 Å². The van der Waals surface area contributed by atoms with Gasteiger partial charge in [-0.3, -0.25) is 0 Å². The first-order valence-electron chi connectivity index (χ1n) is 5.64. The van der Waals surface area contributed by atoms with Gasteiger partial charge in [-0.15, -0.1) is 0 Å². The van der Waals surface area contributed by atoms with Gasteiger partial charge in [-0.1, -0.05) is 0 Å². The minimum Gasteiger partial charge on any atom is -0.497 e. The lowest BCUT2D eigenvalue weighted by Crippen LogP contribution is -2.32. The molecule has 82 valence electrons. The van der Waals surface area contributed by atoms with E-state index < -0.39 is 0 Å². The molecule has 2 atom stereocenters. The van der Waals surface area contributed by atoms with Crippen LogP contribution in [0.1, 0.15) is 26.7 Å². The summed E-state index contributed by atoms with van der Waals surface area (Å²) < 4.78 is 5.17. The molecule has 0 spiro atoms. The summed E-state index contributed by atoms with van der Waals surface area (Å²) in [4.78, 5) is 2.50. The van der Waals surface area contributed by atoms with Crippen molar-refractivity contribution in [1.29, 1.82) is 0 Å². The topological polar surface area (TPSA) is 12.5 Å². The average molecular weight is 205 g/mol. The highest BCUT2D eigenvalue weighted by Gasteiger charge is 2.26. The van der Waals surface area contributed by atoms with Crippen LogP contribution in [0.5, 0.6) is 5.75 Å². The quantitative estimate of drug-likeness (QED) is 0.735. The van der Waals surface area contributed by atoms with Crippen LogP contribution in [-0.4, -0.2) is 19.2 Å². The zero-order valence-corrected chi connectivity index (χ0v) is 9.73. The Balaban J connectivity index is 2.21. The second-order valence-electron chi connectivity index (χ2n) is 4.38. The molecule has 0 N–H and O–H groups in total. The number of hydrogen-bond acceptors (Lipinski definition) is 2. The van der Waals surface area contributed by atoms with E-state index >= 15 is 0 Å². The van der Waals surface area contributed by atoms with Gasteiger partial charge in [0.1, 0.15) is 5.75 Å². The van der Waals surface area contributed by atoms with Gasteiger partial charge >= 0.3 is 0 Å². The summed E-state index contributed by atoms with van der Waals surface area (Å²) in [6.07, 6.45) is 2.60. The van der Waals surface area contributed by atoms with Gasteiger partial charge in [0.05, 0.1) is 7.11 Å². The molecule has 0 bridgehead atoms. The van der Waals surface area contributed by atoms with E-state index in [1.54, 1.807) is 7.11 Å². The van der Waals surface area contributed by atoms with Gasteiger partial charge < -0.3 is 9.64 Å². The highest BCUT2D eigenvalue weighted by Crippen LogP contribution is 2.30. The van der Waals surface area contributed by atoms with E-state index in [1.807, 2.05) is 12.1 Å². The molecule has 0 aromatic heterocycles. The third-order valence-corrected chi connectivity index (χ3v) is 3.32. The fraction of sp³-hybridized carbons (Fsp3) is 0.538. The van der Waals surface area contributed by atoms with Crippen molar-refractivity contribution in [2.75, 3.05) is 12.0 Å². The molecule has 2 rings (SSSR count). The number of benzene rings is 1. The van der Waals surface area contributed by atoms with Crippen LogP contribution < -0.4 is 9.64 Å². The Hall–Kier alpha value is -1.18. The third kappa shape index (κ3) is 1.94. The number of nitrogens with zero attached hydrogens (tertiary/aromatic N) is 1. The minimum atomic E-state index is 0.661. The lowest BCUT2D eigenvalue weighted by molar-refractivity contribution is 0.415. The summed E-state index contributed by atoms with van der Waals surface area (Å²) in [5.41, 5.74) is 1.31. The predicted octanol–water partition coefficient (Wildman–Crippen LogP) is 3.07. The smallest absolute Gasteiger partial charge is 0.119 e. The van der Waals surface area contributed by atoms with Crippen molar-refractivity contribution in [3.8, 4) is 5.75 Å². The second-order valence-corrected chi connectivity index (χ2v) is 4.38. The van der Waals surface area contributed by atoms with Gasteiger partial charge in [-0.05, 0) is 51.0 Å². The van der Waals surface area contributed by atoms with Crippen LogP contribution in [0.3, 0.4) is 0 Å². The monoisotopic (exact) mass is 205 g/mol. The zero-order valence-electron chi connectivity index (χ0n) is 9.73. The van der Waals surface area contributed by atoms with Crippen LogP contribution >= 0.6 is 0 Å². The SMILES string of the molecule is COc1ccc(N2C(C)CCC2C)cc1. The molecule has 0 radical (unpaired) electrons. The Labute approximate surface area is 91.9 Å². The van der Waals surface area contributed by atoms with Crippen molar-refractivity contribution in [1.82, 2.24) is 0 Å². The molecule has 1 aliphatic rings. The molecule has 2 heteroatoms. The maximum Gasteiger partial charge on any atom is 0.119 e. The van der Waals surface area contributed by atoms with Crippen molar-refractivity contribution >= 4 is 5.69 Å². The highest BCUT2D eigenvalue weighted by atomic mass is 16.5. The molecule has 0 amide bonds. The fourth-order valence-corrected chi connectivity index (χ4v) is 2.46. The van der Waals surface area contributed by atoms with Gasteiger partial charge in [0, 0.05) is 17.8 Å². The summed E-state index contributed by atoms with van der Waals surface area (Å²) in [6, 6.07) is 9.69. The Morgan fingerprint density at radius 3 is 2.07 bits per heavy atom. The van der Waals surface area contributed by atoms with E-state index in [9.17, 15) is 0 Å². The molecule has 1 heterocycles. The van der Waals surface area contributed by atoms with Gasteiger partial charge in [-0.25, -0.2) is 0 Å². The second kappa shape index (κ2) is 4.13. The van der Waals surface area contributed by atoms with E-state index in [0.29, 0.717) is 12.1 Å². The van der Waals surface area contributed by atoms with Crippen molar-refractivity contribution < 1.29 is 4.74 Å². The Kier molecular flexibility index (Phi) is 2.85. The molecule has 1 aliphatic heterocycles. The lowest BCUT2D eigenvalue weighted by atomic mass is 10.2. The largest absolute Gasteiger partial charge is 0.497 e. The van der Waals surface area contributed by atoms with Gasteiger partial charge in [0.2, 0.25) is 0 Å². The summed E-state index contributed by atoms with van der Waals surface area (Å²) >= 11 is 0. The standard InChI is InChI=1S/C13H19NO/c1-10-4-5-11(2)14(10)12-6-8-13(15-3)9-7-12/h6-11H,4-5H2,1-3H3. The van der Waals surface area contributed by atoms with E-state index in [2.05, 4.69) is 30.9 Å². The summed E-state index contributed by atoms with van der Waals surface area (Å²) in [6.45, 7) is 4.60. The first-order valence-corrected chi connectivity index (χ1v) is 5.64. The summed E-state index contributed by atoms with van der Waals surface area (Å²) in [5, 5.41) is 0. The molecule has 1 aromatic carbocycles. The maximum absolute atomic E-state index is 5.17. The number of methoxy groups -OCH3 is 1. The van der Waals surface area contributed by atoms with Crippen LogP contribution in [0.15, 0.2) is 24.3 Å². The lowest BCUT2D eigenvalue weighted by Gasteiger charge is -2.28. The van der Waals surface area contributed by atoms with Crippen molar-refractivity contribution in [3.63, 3.8) is 0 Å². The van der Waals surface area contributed by atoms with Gasteiger partial charge in [0.25, 0.3) is 0 Å². The molecule has 2 nitrogen and oxygen atoms in total. The molecule has 1 fully saturated rings. The first-order chi connectivity index (χ1) is 7.22. The molecule has 15 heavy (non-hydrogen) atoms. The van der Waals surface area contributed by atoms with Crippen LogP contribution in [0.4, 0.5) is 5.69 Å². The molecule has 1 saturated heterocycles. The highest BCUT2D eigenvalue weighted by molar-refractivity contribution is 5.51. The molecular formula is C13H19NO. The van der Waals surface area contributed by atoms with Crippen molar-refractivity contribution in [3.05, 3.63) is 24.3 Å². The van der Waals surface area contributed by atoms with Gasteiger partial charge in [0.15, 0.2) is 0 Å². The van der Waals surface area contributed by atoms with E-state index in [-0.39, 0.29) is 0 Å². The number of anilines is 1. The van der Waals surface area contributed by atoms with E-state index in [4.69, 9.17) is 4.74 Å². The molecule has 1 aromatic rings. The van der Waals surface area contributed by atoms with Crippen LogP contribution in [0.25, 0.3) is 0 Å². The normalized spacial score (nSPS) is 25.7. The minimum absolute atomic E-state index is 0.661. The maximum atomic E-state index is 5.17. The van der Waals surface area contributed by atoms with Gasteiger partial charge in [-0.2, -0.15) is 0 Å². The first kappa shape index (κ1) is 10.3. The summed E-state index contributed by atoms with van der Waals surface area (Å²) in [5.74, 6) is 0.929. The molecule has 0 aliphatic carbocycles. The van der Waals surface area contributed by atoms with Crippen LogP contribution in [0.2, 0.25) is 0 Å². The molecular weight excluding hydrogens is 186 g/mol. The fourth-order valence-electron chi connectivity index (χ4n) is 2.46. The predicted molar refractivity (Wildman–Crippen MR) is 63.6 cm³/mol. The van der Waals surface area contributed by atoms with Crippen LogP contribution in [0, 0.1) is 0 Å². The molecule has 2 unspecified atom stereocenters. The Morgan fingerprint density at radius 1 is 1.07 bits per heavy atom. The average Bonchev–Trinajstić information content (AvgIpc) is 2.59. The third-order valence-electron chi connectivity index (χ3n) is 3.32. The van der Waals surface area contributed by atoms with E-state index in [1.165, 1.54) is 18.5 Å². The van der Waals surface area contributed by atoms with Crippen molar-refractivity contribution in [2.45, 2.75) is 38.8 Å². The number of rotatable bonds is 2. The number of ether oxygens (including phenoxy) is 1. The number of hydrogen-bond donors (Lipinski definition) is 0. The Morgan fingerprint density at radius 2 is 1.60 bits per heavy atom.